The van der Waals surface area contributed by atoms with Crippen molar-refractivity contribution in [1.29, 1.82) is 0 Å². The van der Waals surface area contributed by atoms with E-state index in [2.05, 4.69) is 10.3 Å². The van der Waals surface area contributed by atoms with E-state index in [0.717, 1.165) is 38.1 Å². The summed E-state index contributed by atoms with van der Waals surface area (Å²) in [6, 6.07) is 0.334. The molecule has 0 aromatic carbocycles. The van der Waals surface area contributed by atoms with Crippen LogP contribution >= 0.6 is 0 Å². The summed E-state index contributed by atoms with van der Waals surface area (Å²) < 4.78 is 0. The number of amides is 2. The molecule has 2 amide bonds. The van der Waals surface area contributed by atoms with Gasteiger partial charge in [-0.3, -0.25) is 14.5 Å². The Balaban J connectivity index is 0.000000189. The van der Waals surface area contributed by atoms with Gasteiger partial charge in [0.2, 0.25) is 5.91 Å². The van der Waals surface area contributed by atoms with E-state index in [1.165, 1.54) is 69.1 Å². The van der Waals surface area contributed by atoms with Crippen LogP contribution in [0.3, 0.4) is 0 Å². The van der Waals surface area contributed by atoms with Crippen LogP contribution in [0.5, 0.6) is 0 Å². The molecule has 0 aromatic rings. The highest BCUT2D eigenvalue weighted by atomic mass is 16.2. The molecule has 1 atom stereocenters. The van der Waals surface area contributed by atoms with Gasteiger partial charge in [0.25, 0.3) is 5.91 Å². The molecule has 1 saturated heterocycles. The number of guanidine groups is 1. The molecule has 3 fully saturated rings. The smallest absolute Gasteiger partial charge is 0.253 e. The molecule has 166 valence electrons. The second kappa shape index (κ2) is 12.8. The first-order valence-corrected chi connectivity index (χ1v) is 11.6. The Kier molecular flexibility index (Phi) is 10.5. The number of nitrogens with one attached hydrogen (secondary N) is 1. The molecule has 2 aliphatic heterocycles. The molecule has 7 heteroatoms. The highest BCUT2D eigenvalue weighted by Gasteiger charge is 2.30. The van der Waals surface area contributed by atoms with Gasteiger partial charge in [-0.15, -0.1) is 0 Å². The number of carbonyl (C=O) groups excluding carboxylic acids is 2. The largest absolute Gasteiger partial charge is 0.369 e. The molecule has 1 unspecified atom stereocenters. The normalized spacial score (nSPS) is 25.5. The van der Waals surface area contributed by atoms with Crippen LogP contribution in [-0.4, -0.2) is 48.3 Å². The Morgan fingerprint density at radius 3 is 1.97 bits per heavy atom. The summed E-state index contributed by atoms with van der Waals surface area (Å²) in [5, 5.41) is 2.68. The van der Waals surface area contributed by atoms with Gasteiger partial charge in [0, 0.05) is 26.1 Å². The zero-order chi connectivity index (χ0) is 21.1. The Bertz CT molecular complexity index is 531. The minimum atomic E-state index is -0.202. The second-order valence-electron chi connectivity index (χ2n) is 8.83. The van der Waals surface area contributed by atoms with E-state index in [1.807, 2.05) is 0 Å². The van der Waals surface area contributed by atoms with E-state index >= 15 is 0 Å². The third-order valence-corrected chi connectivity index (χ3v) is 6.37. The van der Waals surface area contributed by atoms with Crippen molar-refractivity contribution in [3.63, 3.8) is 0 Å². The molecule has 2 saturated carbocycles. The fourth-order valence-corrected chi connectivity index (χ4v) is 4.39. The minimum Gasteiger partial charge on any atom is -0.369 e. The highest BCUT2D eigenvalue weighted by molar-refractivity contribution is 6.03. The number of hydrogen-bond acceptors (Lipinski definition) is 5. The summed E-state index contributed by atoms with van der Waals surface area (Å²) in [5.74, 6) is 1.45. The zero-order valence-corrected chi connectivity index (χ0v) is 18.2. The van der Waals surface area contributed by atoms with Crippen molar-refractivity contribution >= 4 is 17.8 Å². The summed E-state index contributed by atoms with van der Waals surface area (Å²) in [6.07, 6.45) is 17.2. The van der Waals surface area contributed by atoms with Crippen LogP contribution in [0.25, 0.3) is 0 Å². The summed E-state index contributed by atoms with van der Waals surface area (Å²) in [7, 11) is 1.70. The molecule has 0 aromatic heterocycles. The molecule has 0 bridgehead atoms. The van der Waals surface area contributed by atoms with Gasteiger partial charge < -0.3 is 16.8 Å². The number of likely N-dealkylation sites (N-methyl/N-ethyl adjacent to an activating group) is 1. The van der Waals surface area contributed by atoms with Gasteiger partial charge in [0.05, 0.1) is 0 Å². The summed E-state index contributed by atoms with van der Waals surface area (Å²) >= 11 is 0. The van der Waals surface area contributed by atoms with E-state index in [4.69, 9.17) is 11.5 Å². The second-order valence-corrected chi connectivity index (χ2v) is 8.83. The predicted octanol–water partition coefficient (Wildman–Crippen LogP) is 2.68. The lowest BCUT2D eigenvalue weighted by Gasteiger charge is -2.21. The van der Waals surface area contributed by atoms with Crippen LogP contribution in [0.4, 0.5) is 0 Å². The van der Waals surface area contributed by atoms with E-state index in [9.17, 15) is 9.59 Å². The number of carbonyl (C=O) groups is 2. The molecule has 4 aliphatic rings. The topological polar surface area (TPSA) is 114 Å². The van der Waals surface area contributed by atoms with Gasteiger partial charge in [-0.1, -0.05) is 51.4 Å². The first-order valence-electron chi connectivity index (χ1n) is 11.6. The fourth-order valence-electron chi connectivity index (χ4n) is 4.39. The van der Waals surface area contributed by atoms with Crippen LogP contribution < -0.4 is 16.8 Å². The molecule has 0 spiro atoms. The van der Waals surface area contributed by atoms with Crippen molar-refractivity contribution in [3.8, 4) is 0 Å². The number of rotatable bonds is 3. The fraction of sp³-hybridized carbons (Fsp3) is 0.864. The lowest BCUT2D eigenvalue weighted by molar-refractivity contribution is -0.126. The van der Waals surface area contributed by atoms with Gasteiger partial charge in [0.15, 0.2) is 5.96 Å². The quantitative estimate of drug-likeness (QED) is 0.667. The van der Waals surface area contributed by atoms with Crippen molar-refractivity contribution in [2.24, 2.45) is 22.4 Å². The first kappa shape index (κ1) is 23.6. The van der Waals surface area contributed by atoms with E-state index in [0.29, 0.717) is 12.0 Å². The Morgan fingerprint density at radius 2 is 1.59 bits per heavy atom. The molecule has 5 N–H and O–H groups in total. The van der Waals surface area contributed by atoms with Crippen LogP contribution in [0.1, 0.15) is 89.9 Å². The van der Waals surface area contributed by atoms with Gasteiger partial charge >= 0.3 is 0 Å². The van der Waals surface area contributed by atoms with Crippen LogP contribution in [0.2, 0.25) is 0 Å². The monoisotopic (exact) mass is 407 g/mol. The lowest BCUT2D eigenvalue weighted by Crippen LogP contribution is -2.35. The Hall–Kier alpha value is -1.63. The van der Waals surface area contributed by atoms with Crippen molar-refractivity contribution in [2.45, 2.75) is 102 Å². The predicted molar refractivity (Wildman–Crippen MR) is 117 cm³/mol. The molecule has 4 rings (SSSR count). The van der Waals surface area contributed by atoms with E-state index in [1.54, 1.807) is 7.05 Å². The van der Waals surface area contributed by atoms with Crippen molar-refractivity contribution in [3.05, 3.63) is 0 Å². The third kappa shape index (κ3) is 8.72. The highest BCUT2D eigenvalue weighted by Crippen LogP contribution is 2.28. The Labute approximate surface area is 176 Å². The Morgan fingerprint density at radius 1 is 0.966 bits per heavy atom. The molecule has 7 nitrogen and oxygen atoms in total. The number of nitrogens with two attached hydrogens (primary N) is 2. The standard InChI is InChI=1S/C12H21N3O.C6H13N.C4H7NO/c1-15-11(16)10(14-12(15)13)8-7-9-5-3-2-4-6-9;7-6-4-2-1-3-5-6;6-4-2-1-3-5-4/h9-10H,2-8H2,1H3,(H2,13,14);6H,1-5,7H2;1-3H2,(H,5,6). The maximum Gasteiger partial charge on any atom is 0.253 e. The van der Waals surface area contributed by atoms with E-state index < -0.39 is 0 Å². The summed E-state index contributed by atoms with van der Waals surface area (Å²) in [4.78, 5) is 27.5. The zero-order valence-electron chi connectivity index (χ0n) is 18.2. The average Bonchev–Trinajstić information content (AvgIpc) is 3.31. The number of hydrogen-bond donors (Lipinski definition) is 3. The molecular weight excluding hydrogens is 366 g/mol. The van der Waals surface area contributed by atoms with Crippen molar-refractivity contribution < 1.29 is 9.59 Å². The molecule has 2 aliphatic carbocycles. The maximum absolute atomic E-state index is 11.7. The SMILES string of the molecule is CN1C(=O)C(CCC2CCCCC2)N=C1N.NC1CCCCC1.O=C1CCCN1. The number of aliphatic imine (C=N–C) groups is 1. The van der Waals surface area contributed by atoms with Crippen LogP contribution in [0, 0.1) is 5.92 Å². The molecule has 29 heavy (non-hydrogen) atoms. The van der Waals surface area contributed by atoms with Gasteiger partial charge in [-0.2, -0.15) is 0 Å². The first-order chi connectivity index (χ1) is 14.0. The van der Waals surface area contributed by atoms with Crippen molar-refractivity contribution in [1.82, 2.24) is 10.2 Å². The summed E-state index contributed by atoms with van der Waals surface area (Å²) in [5.41, 5.74) is 11.3. The molecular formula is C22H41N5O2. The molecule has 2 heterocycles. The minimum absolute atomic E-state index is 0.0632. The van der Waals surface area contributed by atoms with Crippen LogP contribution in [-0.2, 0) is 9.59 Å². The summed E-state index contributed by atoms with van der Waals surface area (Å²) in [6.45, 7) is 0.888. The lowest BCUT2D eigenvalue weighted by atomic mass is 9.85. The van der Waals surface area contributed by atoms with Gasteiger partial charge in [-0.05, 0) is 38.0 Å². The molecule has 0 radical (unpaired) electrons. The number of nitrogens with zero attached hydrogens (tertiary/aromatic N) is 2. The maximum atomic E-state index is 11.7. The van der Waals surface area contributed by atoms with Crippen molar-refractivity contribution in [2.75, 3.05) is 13.6 Å². The third-order valence-electron chi connectivity index (χ3n) is 6.37. The van der Waals surface area contributed by atoms with E-state index in [-0.39, 0.29) is 17.9 Å². The van der Waals surface area contributed by atoms with Gasteiger partial charge in [-0.25, -0.2) is 4.99 Å². The van der Waals surface area contributed by atoms with Gasteiger partial charge in [0.1, 0.15) is 6.04 Å². The average molecular weight is 408 g/mol. The van der Waals surface area contributed by atoms with Crippen LogP contribution in [0.15, 0.2) is 4.99 Å².